The van der Waals surface area contributed by atoms with Gasteiger partial charge in [-0.3, -0.25) is 4.79 Å². The Morgan fingerprint density at radius 1 is 1.56 bits per heavy atom. The fraction of sp³-hybridized carbons (Fsp3) is 0.875. The van der Waals surface area contributed by atoms with Crippen molar-refractivity contribution in [3.8, 4) is 0 Å². The van der Waals surface area contributed by atoms with Crippen LogP contribution in [0, 0.1) is 0 Å². The summed E-state index contributed by atoms with van der Waals surface area (Å²) in [6, 6.07) is -1.82. The normalized spacial score (nSPS) is 44.1. The van der Waals surface area contributed by atoms with Gasteiger partial charge in [-0.2, -0.15) is 0 Å². The van der Waals surface area contributed by atoms with E-state index >= 15 is 0 Å². The molecular formula is C8H14FNO6. The van der Waals surface area contributed by atoms with Crippen molar-refractivity contribution in [2.24, 2.45) is 0 Å². The third kappa shape index (κ3) is 2.30. The summed E-state index contributed by atoms with van der Waals surface area (Å²) in [7, 11) is 0. The largest absolute Gasteiger partial charge is 0.394 e. The van der Waals surface area contributed by atoms with Crippen LogP contribution >= 0.6 is 0 Å². The van der Waals surface area contributed by atoms with Gasteiger partial charge in [0.05, 0.1) is 6.61 Å². The van der Waals surface area contributed by atoms with Crippen LogP contribution in [0.2, 0.25) is 0 Å². The van der Waals surface area contributed by atoms with Gasteiger partial charge in [-0.25, -0.2) is 4.39 Å². The summed E-state index contributed by atoms with van der Waals surface area (Å²) in [6.07, 6.45) is -5.40. The van der Waals surface area contributed by atoms with Crippen LogP contribution in [-0.4, -0.2) is 63.3 Å². The van der Waals surface area contributed by atoms with Gasteiger partial charge in [0.2, 0.25) is 5.91 Å². The van der Waals surface area contributed by atoms with Gasteiger partial charge >= 0.3 is 0 Å². The van der Waals surface area contributed by atoms with E-state index in [0.717, 1.165) is 6.92 Å². The number of hydrogen-bond donors (Lipinski definition) is 5. The Morgan fingerprint density at radius 2 is 2.12 bits per heavy atom. The lowest BCUT2D eigenvalue weighted by molar-refractivity contribution is -0.324. The van der Waals surface area contributed by atoms with Crippen molar-refractivity contribution in [1.82, 2.24) is 5.32 Å². The Bertz CT molecular complexity index is 273. The smallest absolute Gasteiger partial charge is 0.261 e. The number of halogens is 1. The maximum atomic E-state index is 13.7. The number of aliphatic hydroxyl groups excluding tert-OH is 3. The summed E-state index contributed by atoms with van der Waals surface area (Å²) in [5.74, 6) is -3.99. The third-order valence-corrected chi connectivity index (χ3v) is 2.34. The van der Waals surface area contributed by atoms with Gasteiger partial charge in [-0.15, -0.1) is 0 Å². The lowest BCUT2D eigenvalue weighted by atomic mass is 9.94. The average Bonchev–Trinajstić information content (AvgIpc) is 2.18. The molecule has 8 heteroatoms. The van der Waals surface area contributed by atoms with Gasteiger partial charge in [0.15, 0.2) is 6.29 Å². The summed E-state index contributed by atoms with van der Waals surface area (Å²) in [5, 5.41) is 38.6. The van der Waals surface area contributed by atoms with Crippen LogP contribution in [0.25, 0.3) is 0 Å². The van der Waals surface area contributed by atoms with Crippen molar-refractivity contribution in [3.05, 3.63) is 0 Å². The van der Waals surface area contributed by atoms with Gasteiger partial charge in [0.25, 0.3) is 5.85 Å². The zero-order valence-corrected chi connectivity index (χ0v) is 8.50. The van der Waals surface area contributed by atoms with Crippen molar-refractivity contribution in [3.63, 3.8) is 0 Å². The van der Waals surface area contributed by atoms with Crippen molar-refractivity contribution >= 4 is 5.91 Å². The predicted octanol–water partition coefficient (Wildman–Crippen LogP) is -2.78. The molecule has 5 atom stereocenters. The molecular weight excluding hydrogens is 225 g/mol. The minimum absolute atomic E-state index is 0.710. The SMILES string of the molecule is CC(=O)N[C@@H]1C(O)O[C@H](CO)[C@H](O)[C@]1(O)F. The van der Waals surface area contributed by atoms with E-state index in [1.807, 2.05) is 5.32 Å². The zero-order chi connectivity index (χ0) is 12.5. The number of hydrogen-bond acceptors (Lipinski definition) is 6. The molecule has 1 heterocycles. The minimum Gasteiger partial charge on any atom is -0.394 e. The van der Waals surface area contributed by atoms with Crippen LogP contribution in [-0.2, 0) is 9.53 Å². The minimum atomic E-state index is -3.28. The fourth-order valence-electron chi connectivity index (χ4n) is 1.51. The molecule has 1 rings (SSSR count). The van der Waals surface area contributed by atoms with E-state index in [0.29, 0.717) is 0 Å². The van der Waals surface area contributed by atoms with Crippen LogP contribution in [0.4, 0.5) is 4.39 Å². The van der Waals surface area contributed by atoms with Crippen molar-refractivity contribution < 1.29 is 34.3 Å². The monoisotopic (exact) mass is 239 g/mol. The molecule has 1 amide bonds. The maximum absolute atomic E-state index is 13.7. The average molecular weight is 239 g/mol. The number of aliphatic hydroxyl groups is 4. The van der Waals surface area contributed by atoms with E-state index in [-0.39, 0.29) is 0 Å². The molecule has 0 aliphatic carbocycles. The number of ether oxygens (including phenoxy) is 1. The Labute approximate surface area is 90.5 Å². The molecule has 0 aromatic carbocycles. The van der Waals surface area contributed by atoms with E-state index in [9.17, 15) is 24.5 Å². The molecule has 16 heavy (non-hydrogen) atoms. The zero-order valence-electron chi connectivity index (χ0n) is 8.50. The van der Waals surface area contributed by atoms with Crippen molar-refractivity contribution in [2.45, 2.75) is 37.3 Å². The number of rotatable bonds is 2. The van der Waals surface area contributed by atoms with Gasteiger partial charge in [0, 0.05) is 6.92 Å². The molecule has 0 bridgehead atoms. The van der Waals surface area contributed by atoms with Gasteiger partial charge in [-0.1, -0.05) is 0 Å². The van der Waals surface area contributed by atoms with Crippen LogP contribution in [0.1, 0.15) is 6.92 Å². The maximum Gasteiger partial charge on any atom is 0.261 e. The summed E-state index contributed by atoms with van der Waals surface area (Å²) in [4.78, 5) is 10.7. The second-order valence-electron chi connectivity index (χ2n) is 3.60. The molecule has 0 aromatic rings. The summed E-state index contributed by atoms with van der Waals surface area (Å²) < 4.78 is 18.4. The number of amides is 1. The number of nitrogens with one attached hydrogen (secondary N) is 1. The molecule has 0 radical (unpaired) electrons. The molecule has 1 fully saturated rings. The first kappa shape index (κ1) is 13.3. The Kier molecular flexibility index (Phi) is 3.81. The highest BCUT2D eigenvalue weighted by molar-refractivity contribution is 5.73. The van der Waals surface area contributed by atoms with Crippen LogP contribution in [0.3, 0.4) is 0 Å². The molecule has 1 aliphatic heterocycles. The fourth-order valence-corrected chi connectivity index (χ4v) is 1.51. The quantitative estimate of drug-likeness (QED) is 0.355. The van der Waals surface area contributed by atoms with Gasteiger partial charge in [0.1, 0.15) is 18.2 Å². The van der Waals surface area contributed by atoms with Gasteiger partial charge < -0.3 is 30.5 Å². The standard InChI is InChI=1S/C8H14FNO6/c1-3(12)10-5-7(14)16-4(2-11)6(13)8(5,9)15/h4-7,11,13-15H,2H2,1H3,(H,10,12)/t4-,5-,6+,7?,8+/m1/s1. The van der Waals surface area contributed by atoms with E-state index < -0.39 is 42.9 Å². The highest BCUT2D eigenvalue weighted by Crippen LogP contribution is 2.30. The molecule has 0 spiro atoms. The molecule has 1 saturated heterocycles. The number of alkyl halides is 1. The molecule has 0 aromatic heterocycles. The molecule has 1 unspecified atom stereocenters. The van der Waals surface area contributed by atoms with E-state index in [2.05, 4.69) is 4.74 Å². The summed E-state index contributed by atoms with van der Waals surface area (Å²) >= 11 is 0. The van der Waals surface area contributed by atoms with E-state index in [1.54, 1.807) is 0 Å². The third-order valence-electron chi connectivity index (χ3n) is 2.34. The Balaban J connectivity index is 2.89. The summed E-state index contributed by atoms with van der Waals surface area (Å²) in [5.41, 5.74) is 0. The number of carbonyl (C=O) groups is 1. The van der Waals surface area contributed by atoms with Crippen LogP contribution < -0.4 is 5.32 Å². The second-order valence-corrected chi connectivity index (χ2v) is 3.60. The molecule has 1 aliphatic rings. The molecule has 7 nitrogen and oxygen atoms in total. The highest BCUT2D eigenvalue weighted by atomic mass is 19.2. The lowest BCUT2D eigenvalue weighted by Crippen LogP contribution is -2.69. The topological polar surface area (TPSA) is 119 Å². The molecule has 94 valence electrons. The first-order chi connectivity index (χ1) is 7.30. The Morgan fingerprint density at radius 3 is 2.56 bits per heavy atom. The first-order valence-corrected chi connectivity index (χ1v) is 4.61. The molecule has 0 saturated carbocycles. The van der Waals surface area contributed by atoms with E-state index in [4.69, 9.17) is 5.11 Å². The Hall–Kier alpha value is -0.800. The summed E-state index contributed by atoms with van der Waals surface area (Å²) in [6.45, 7) is 0.268. The number of carbonyl (C=O) groups excluding carboxylic acids is 1. The predicted molar refractivity (Wildman–Crippen MR) is 47.6 cm³/mol. The van der Waals surface area contributed by atoms with Crippen LogP contribution in [0.15, 0.2) is 0 Å². The molecule has 5 N–H and O–H groups in total. The lowest BCUT2D eigenvalue weighted by Gasteiger charge is -2.43. The van der Waals surface area contributed by atoms with Crippen molar-refractivity contribution in [2.75, 3.05) is 6.61 Å². The first-order valence-electron chi connectivity index (χ1n) is 4.61. The van der Waals surface area contributed by atoms with Gasteiger partial charge in [-0.05, 0) is 0 Å². The van der Waals surface area contributed by atoms with E-state index in [1.165, 1.54) is 0 Å². The van der Waals surface area contributed by atoms with Crippen LogP contribution in [0.5, 0.6) is 0 Å². The van der Waals surface area contributed by atoms with Crippen molar-refractivity contribution in [1.29, 1.82) is 0 Å². The highest BCUT2D eigenvalue weighted by Gasteiger charge is 2.56. The second kappa shape index (κ2) is 4.60.